The molecular weight excluding hydrogens is 188 g/mol. The number of allylic oxidation sites excluding steroid dienone is 2. The fourth-order valence-corrected chi connectivity index (χ4v) is 1.44. The van der Waals surface area contributed by atoms with Crippen molar-refractivity contribution < 1.29 is 9.53 Å². The standard InChI is InChI=1S/C13H24O2/c1-12(2)10-8-6-4-5-7-9-11-13(14)15-3/h10H,4-9,11H2,1-3H3. The zero-order valence-electron chi connectivity index (χ0n) is 10.3. The molecule has 0 amide bonds. The predicted molar refractivity (Wildman–Crippen MR) is 63.8 cm³/mol. The van der Waals surface area contributed by atoms with Crippen molar-refractivity contribution in [2.24, 2.45) is 0 Å². The van der Waals surface area contributed by atoms with Gasteiger partial charge in [-0.1, -0.05) is 30.9 Å². The number of esters is 1. The second kappa shape index (κ2) is 9.75. The molecule has 0 aromatic heterocycles. The molecule has 0 aliphatic heterocycles. The van der Waals surface area contributed by atoms with Gasteiger partial charge in [-0.25, -0.2) is 0 Å². The van der Waals surface area contributed by atoms with Gasteiger partial charge in [-0.15, -0.1) is 0 Å². The van der Waals surface area contributed by atoms with Crippen LogP contribution in [0.25, 0.3) is 0 Å². The molecule has 0 spiro atoms. The Hall–Kier alpha value is -0.790. The van der Waals surface area contributed by atoms with Crippen molar-refractivity contribution in [1.29, 1.82) is 0 Å². The van der Waals surface area contributed by atoms with Gasteiger partial charge < -0.3 is 4.74 Å². The van der Waals surface area contributed by atoms with Crippen LogP contribution in [0.1, 0.15) is 58.8 Å². The van der Waals surface area contributed by atoms with Gasteiger partial charge >= 0.3 is 5.97 Å². The first-order valence-corrected chi connectivity index (χ1v) is 5.87. The zero-order chi connectivity index (χ0) is 11.5. The van der Waals surface area contributed by atoms with Gasteiger partial charge in [-0.2, -0.15) is 0 Å². The van der Waals surface area contributed by atoms with Crippen LogP contribution in [0.4, 0.5) is 0 Å². The average Bonchev–Trinajstić information content (AvgIpc) is 2.21. The molecule has 0 aliphatic rings. The molecule has 15 heavy (non-hydrogen) atoms. The summed E-state index contributed by atoms with van der Waals surface area (Å²) in [4.78, 5) is 10.8. The molecule has 2 nitrogen and oxygen atoms in total. The molecule has 0 fully saturated rings. The van der Waals surface area contributed by atoms with Crippen molar-refractivity contribution in [2.45, 2.75) is 58.8 Å². The van der Waals surface area contributed by atoms with Crippen LogP contribution in [0, 0.1) is 0 Å². The van der Waals surface area contributed by atoms with Crippen LogP contribution in [0.3, 0.4) is 0 Å². The van der Waals surface area contributed by atoms with Crippen molar-refractivity contribution in [3.05, 3.63) is 11.6 Å². The van der Waals surface area contributed by atoms with Crippen LogP contribution in [0.5, 0.6) is 0 Å². The Bertz CT molecular complexity index is 191. The van der Waals surface area contributed by atoms with E-state index >= 15 is 0 Å². The predicted octanol–water partition coefficient (Wildman–Crippen LogP) is 3.86. The van der Waals surface area contributed by atoms with Gasteiger partial charge in [0.1, 0.15) is 0 Å². The third kappa shape index (κ3) is 11.1. The molecule has 0 N–H and O–H groups in total. The summed E-state index contributed by atoms with van der Waals surface area (Å²) in [6.45, 7) is 4.27. The van der Waals surface area contributed by atoms with Gasteiger partial charge in [0.25, 0.3) is 0 Å². The van der Waals surface area contributed by atoms with E-state index < -0.39 is 0 Å². The van der Waals surface area contributed by atoms with Gasteiger partial charge in [0.05, 0.1) is 7.11 Å². The summed E-state index contributed by atoms with van der Waals surface area (Å²) in [5.41, 5.74) is 1.40. The maximum absolute atomic E-state index is 10.8. The lowest BCUT2D eigenvalue weighted by molar-refractivity contribution is -0.140. The number of rotatable bonds is 8. The molecule has 0 atom stereocenters. The molecule has 0 radical (unpaired) electrons. The molecule has 0 saturated heterocycles. The van der Waals surface area contributed by atoms with E-state index in [0.717, 1.165) is 12.8 Å². The molecule has 2 heteroatoms. The summed E-state index contributed by atoms with van der Waals surface area (Å²) in [6, 6.07) is 0. The topological polar surface area (TPSA) is 26.3 Å². The first kappa shape index (κ1) is 14.2. The first-order valence-electron chi connectivity index (χ1n) is 5.87. The zero-order valence-corrected chi connectivity index (χ0v) is 10.3. The number of methoxy groups -OCH3 is 1. The van der Waals surface area contributed by atoms with E-state index in [0.29, 0.717) is 6.42 Å². The Kier molecular flexibility index (Phi) is 9.24. The van der Waals surface area contributed by atoms with Crippen LogP contribution in [-0.4, -0.2) is 13.1 Å². The molecule has 0 saturated carbocycles. The van der Waals surface area contributed by atoms with Gasteiger partial charge in [0.2, 0.25) is 0 Å². The lowest BCUT2D eigenvalue weighted by Crippen LogP contribution is -1.99. The second-order valence-corrected chi connectivity index (χ2v) is 4.16. The van der Waals surface area contributed by atoms with Crippen molar-refractivity contribution >= 4 is 5.97 Å². The summed E-state index contributed by atoms with van der Waals surface area (Å²) >= 11 is 0. The summed E-state index contributed by atoms with van der Waals surface area (Å²) < 4.78 is 4.57. The van der Waals surface area contributed by atoms with Crippen molar-refractivity contribution in [2.75, 3.05) is 7.11 Å². The highest BCUT2D eigenvalue weighted by molar-refractivity contribution is 5.68. The van der Waals surface area contributed by atoms with E-state index in [2.05, 4.69) is 24.7 Å². The van der Waals surface area contributed by atoms with Crippen LogP contribution < -0.4 is 0 Å². The van der Waals surface area contributed by atoms with Gasteiger partial charge in [-0.05, 0) is 33.1 Å². The largest absolute Gasteiger partial charge is 0.469 e. The molecule has 88 valence electrons. The minimum atomic E-state index is -0.0838. The molecule has 0 unspecified atom stereocenters. The number of hydrogen-bond donors (Lipinski definition) is 0. The van der Waals surface area contributed by atoms with Crippen LogP contribution in [0.15, 0.2) is 11.6 Å². The fourth-order valence-electron chi connectivity index (χ4n) is 1.44. The van der Waals surface area contributed by atoms with E-state index in [1.165, 1.54) is 38.4 Å². The van der Waals surface area contributed by atoms with E-state index in [9.17, 15) is 4.79 Å². The first-order chi connectivity index (χ1) is 7.16. The Morgan fingerprint density at radius 2 is 1.67 bits per heavy atom. The Morgan fingerprint density at radius 3 is 2.27 bits per heavy atom. The number of hydrogen-bond acceptors (Lipinski definition) is 2. The van der Waals surface area contributed by atoms with E-state index in [1.807, 2.05) is 0 Å². The summed E-state index contributed by atoms with van der Waals surface area (Å²) in [7, 11) is 1.45. The molecule has 0 aromatic rings. The Morgan fingerprint density at radius 1 is 1.07 bits per heavy atom. The van der Waals surface area contributed by atoms with Crippen LogP contribution >= 0.6 is 0 Å². The average molecular weight is 212 g/mol. The highest BCUT2D eigenvalue weighted by Gasteiger charge is 1.98. The summed E-state index contributed by atoms with van der Waals surface area (Å²) in [5.74, 6) is -0.0838. The number of carbonyl (C=O) groups excluding carboxylic acids is 1. The van der Waals surface area contributed by atoms with Crippen molar-refractivity contribution in [3.63, 3.8) is 0 Å². The SMILES string of the molecule is COC(=O)CCCCCCCC=C(C)C. The minimum Gasteiger partial charge on any atom is -0.469 e. The Labute approximate surface area is 93.7 Å². The number of carbonyl (C=O) groups is 1. The van der Waals surface area contributed by atoms with E-state index in [1.54, 1.807) is 0 Å². The van der Waals surface area contributed by atoms with Crippen LogP contribution in [0.2, 0.25) is 0 Å². The molecule has 0 heterocycles. The second-order valence-electron chi connectivity index (χ2n) is 4.16. The molecule has 0 bridgehead atoms. The lowest BCUT2D eigenvalue weighted by atomic mass is 10.1. The Balaban J connectivity index is 3.12. The quantitative estimate of drug-likeness (QED) is 0.347. The fraction of sp³-hybridized carbons (Fsp3) is 0.769. The van der Waals surface area contributed by atoms with Crippen molar-refractivity contribution in [3.8, 4) is 0 Å². The highest BCUT2D eigenvalue weighted by Crippen LogP contribution is 2.08. The van der Waals surface area contributed by atoms with Gasteiger partial charge in [0, 0.05) is 6.42 Å². The van der Waals surface area contributed by atoms with Gasteiger partial charge in [-0.3, -0.25) is 4.79 Å². The monoisotopic (exact) mass is 212 g/mol. The lowest BCUT2D eigenvalue weighted by Gasteiger charge is -2.00. The van der Waals surface area contributed by atoms with E-state index in [-0.39, 0.29) is 5.97 Å². The maximum atomic E-state index is 10.8. The minimum absolute atomic E-state index is 0.0838. The molecule has 0 aliphatic carbocycles. The molecular formula is C13H24O2. The number of ether oxygens (including phenoxy) is 1. The van der Waals surface area contributed by atoms with E-state index in [4.69, 9.17) is 0 Å². The smallest absolute Gasteiger partial charge is 0.305 e. The molecule has 0 aromatic carbocycles. The van der Waals surface area contributed by atoms with Crippen LogP contribution in [-0.2, 0) is 9.53 Å². The van der Waals surface area contributed by atoms with Gasteiger partial charge in [0.15, 0.2) is 0 Å². The molecule has 0 rings (SSSR count). The third-order valence-corrected chi connectivity index (χ3v) is 2.37. The summed E-state index contributed by atoms with van der Waals surface area (Å²) in [6.07, 6.45) is 9.93. The summed E-state index contributed by atoms with van der Waals surface area (Å²) in [5, 5.41) is 0. The normalized spacial score (nSPS) is 9.80. The highest BCUT2D eigenvalue weighted by atomic mass is 16.5. The van der Waals surface area contributed by atoms with Crippen molar-refractivity contribution in [1.82, 2.24) is 0 Å². The third-order valence-electron chi connectivity index (χ3n) is 2.37. The number of unbranched alkanes of at least 4 members (excludes halogenated alkanes) is 5. The maximum Gasteiger partial charge on any atom is 0.305 e.